The van der Waals surface area contributed by atoms with E-state index in [-0.39, 0.29) is 17.2 Å². The lowest BCUT2D eigenvalue weighted by atomic mass is 10.2. The van der Waals surface area contributed by atoms with Crippen LogP contribution in [-0.4, -0.2) is 19.6 Å². The van der Waals surface area contributed by atoms with Crippen LogP contribution in [0.25, 0.3) is 5.82 Å². The predicted molar refractivity (Wildman–Crippen MR) is 65.8 cm³/mol. The molecule has 2 aromatic rings. The molecule has 5 nitrogen and oxygen atoms in total. The minimum absolute atomic E-state index is 0.0592. The summed E-state index contributed by atoms with van der Waals surface area (Å²) in [5.41, 5.74) is 4.51. The summed E-state index contributed by atoms with van der Waals surface area (Å²) >= 11 is 0. The number of anilines is 1. The maximum Gasteiger partial charge on any atom is 0.435 e. The number of nitrogens with zero attached hydrogens (tertiary/aromatic N) is 4. The second-order valence-electron chi connectivity index (χ2n) is 3.62. The maximum atomic E-state index is 12.6. The zero-order chi connectivity index (χ0) is 14.8. The lowest BCUT2D eigenvalue weighted by Crippen LogP contribution is -2.09. The van der Waals surface area contributed by atoms with Crippen molar-refractivity contribution in [1.29, 1.82) is 0 Å². The number of alkyl halides is 3. The first-order valence-corrected chi connectivity index (χ1v) is 5.73. The summed E-state index contributed by atoms with van der Waals surface area (Å²) in [6.07, 6.45) is -2.92. The Bertz CT molecular complexity index is 553. The summed E-state index contributed by atoms with van der Waals surface area (Å²) in [4.78, 5) is 0. The quantitative estimate of drug-likeness (QED) is 0.870. The van der Waals surface area contributed by atoms with Gasteiger partial charge in [-0.3, -0.25) is 4.68 Å². The van der Waals surface area contributed by atoms with Crippen LogP contribution in [-0.2, 0) is 13.2 Å². The molecule has 0 unspecified atom stereocenters. The predicted octanol–water partition coefficient (Wildman–Crippen LogP) is 2.54. The zero-order valence-corrected chi connectivity index (χ0v) is 11.2. The summed E-state index contributed by atoms with van der Waals surface area (Å²) in [5, 5.41) is 7.40. The van der Waals surface area contributed by atoms with Gasteiger partial charge in [0.1, 0.15) is 5.82 Å². The third-order valence-electron chi connectivity index (χ3n) is 2.35. The Kier molecular flexibility index (Phi) is 4.23. The molecule has 0 aliphatic rings. The van der Waals surface area contributed by atoms with Crippen molar-refractivity contribution in [3.05, 3.63) is 23.5 Å². The van der Waals surface area contributed by atoms with Gasteiger partial charge in [-0.1, -0.05) is 13.8 Å². The van der Waals surface area contributed by atoms with E-state index in [1.807, 2.05) is 13.8 Å². The minimum atomic E-state index is -4.52. The molecule has 0 fully saturated rings. The summed E-state index contributed by atoms with van der Waals surface area (Å²) in [5.74, 6) is 0.194. The Labute approximate surface area is 108 Å². The monoisotopic (exact) mass is 275 g/mol. The molecule has 8 heteroatoms. The molecule has 106 valence electrons. The molecule has 0 aromatic carbocycles. The smallest absolute Gasteiger partial charge is 0.383 e. The van der Waals surface area contributed by atoms with Crippen molar-refractivity contribution in [3.8, 4) is 5.82 Å². The van der Waals surface area contributed by atoms with Crippen molar-refractivity contribution in [2.24, 2.45) is 7.05 Å². The van der Waals surface area contributed by atoms with Crippen LogP contribution < -0.4 is 5.73 Å². The van der Waals surface area contributed by atoms with Crippen LogP contribution in [0.2, 0.25) is 0 Å². The van der Waals surface area contributed by atoms with Gasteiger partial charge in [0.05, 0.1) is 0 Å². The Hall–Kier alpha value is -1.99. The molecule has 19 heavy (non-hydrogen) atoms. The zero-order valence-electron chi connectivity index (χ0n) is 11.2. The van der Waals surface area contributed by atoms with Gasteiger partial charge in [-0.05, 0) is 6.92 Å². The molecule has 0 radical (unpaired) electrons. The standard InChI is InChI=1S/C9H10F3N5.C2H6/c1-5-7(9(10,11)12)15-17(8(5)13)6-3-4-16(2)14-6;1-2/h3-4H,13H2,1-2H3;1-2H3. The number of hydrogen-bond donors (Lipinski definition) is 1. The van der Waals surface area contributed by atoms with Crippen molar-refractivity contribution in [1.82, 2.24) is 19.6 Å². The minimum Gasteiger partial charge on any atom is -0.383 e. The first-order valence-electron chi connectivity index (χ1n) is 5.73. The van der Waals surface area contributed by atoms with Crippen LogP contribution >= 0.6 is 0 Å². The number of aryl methyl sites for hydroxylation is 1. The highest BCUT2D eigenvalue weighted by molar-refractivity contribution is 5.47. The van der Waals surface area contributed by atoms with Crippen molar-refractivity contribution in [2.75, 3.05) is 5.73 Å². The highest BCUT2D eigenvalue weighted by Gasteiger charge is 2.37. The molecule has 0 spiro atoms. The van der Waals surface area contributed by atoms with Gasteiger partial charge in [0.15, 0.2) is 11.5 Å². The summed E-state index contributed by atoms with van der Waals surface area (Å²) in [7, 11) is 1.65. The van der Waals surface area contributed by atoms with E-state index >= 15 is 0 Å². The van der Waals surface area contributed by atoms with E-state index in [1.165, 1.54) is 17.7 Å². The molecule has 0 atom stereocenters. The van der Waals surface area contributed by atoms with Crippen molar-refractivity contribution < 1.29 is 13.2 Å². The number of nitrogen functional groups attached to an aromatic ring is 1. The number of halogens is 3. The van der Waals surface area contributed by atoms with Crippen LogP contribution in [0.1, 0.15) is 25.1 Å². The molecule has 2 N–H and O–H groups in total. The van der Waals surface area contributed by atoms with Crippen LogP contribution in [0.15, 0.2) is 12.3 Å². The Balaban J connectivity index is 0.000000861. The molecule has 0 bridgehead atoms. The molecule has 0 amide bonds. The number of aromatic nitrogens is 4. The lowest BCUT2D eigenvalue weighted by molar-refractivity contribution is -0.141. The van der Waals surface area contributed by atoms with Crippen LogP contribution in [0.4, 0.5) is 19.0 Å². The van der Waals surface area contributed by atoms with E-state index < -0.39 is 11.9 Å². The van der Waals surface area contributed by atoms with Gasteiger partial charge in [-0.2, -0.15) is 28.1 Å². The molecular weight excluding hydrogens is 259 g/mol. The average molecular weight is 275 g/mol. The van der Waals surface area contributed by atoms with Gasteiger partial charge in [-0.25, -0.2) is 0 Å². The van der Waals surface area contributed by atoms with Crippen molar-refractivity contribution >= 4 is 5.82 Å². The van der Waals surface area contributed by atoms with E-state index in [0.717, 1.165) is 4.68 Å². The molecule has 0 aliphatic carbocycles. The fourth-order valence-corrected chi connectivity index (χ4v) is 1.47. The first-order chi connectivity index (χ1) is 8.80. The van der Waals surface area contributed by atoms with Crippen molar-refractivity contribution in [3.63, 3.8) is 0 Å². The topological polar surface area (TPSA) is 61.7 Å². The molecule has 0 aliphatic heterocycles. The third-order valence-corrected chi connectivity index (χ3v) is 2.35. The van der Waals surface area contributed by atoms with Crippen molar-refractivity contribution in [2.45, 2.75) is 26.9 Å². The van der Waals surface area contributed by atoms with Crippen LogP contribution in [0.3, 0.4) is 0 Å². The van der Waals surface area contributed by atoms with E-state index in [0.29, 0.717) is 0 Å². The third kappa shape index (κ3) is 2.88. The molecule has 2 heterocycles. The van der Waals surface area contributed by atoms with Gasteiger partial charge in [-0.15, -0.1) is 0 Å². The highest BCUT2D eigenvalue weighted by Crippen LogP contribution is 2.33. The average Bonchev–Trinajstić information content (AvgIpc) is 2.87. The van der Waals surface area contributed by atoms with Gasteiger partial charge >= 0.3 is 6.18 Å². The Morgan fingerprint density at radius 2 is 1.79 bits per heavy atom. The van der Waals surface area contributed by atoms with E-state index in [2.05, 4.69) is 10.2 Å². The van der Waals surface area contributed by atoms with Gasteiger partial charge in [0.2, 0.25) is 0 Å². The molecule has 0 saturated carbocycles. The fraction of sp³-hybridized carbons (Fsp3) is 0.455. The molecular formula is C11H16F3N5. The Morgan fingerprint density at radius 1 is 1.21 bits per heavy atom. The van der Waals surface area contributed by atoms with E-state index in [1.54, 1.807) is 13.2 Å². The largest absolute Gasteiger partial charge is 0.435 e. The second kappa shape index (κ2) is 5.33. The Morgan fingerprint density at radius 3 is 2.16 bits per heavy atom. The number of hydrogen-bond acceptors (Lipinski definition) is 3. The normalized spacial score (nSPS) is 11.1. The summed E-state index contributed by atoms with van der Waals surface area (Å²) in [6, 6.07) is 1.53. The molecule has 2 rings (SSSR count). The highest BCUT2D eigenvalue weighted by atomic mass is 19.4. The van der Waals surface area contributed by atoms with Gasteiger partial charge in [0.25, 0.3) is 0 Å². The molecule has 2 aromatic heterocycles. The van der Waals surface area contributed by atoms with Gasteiger partial charge in [0, 0.05) is 24.9 Å². The second-order valence-corrected chi connectivity index (χ2v) is 3.62. The number of rotatable bonds is 1. The van der Waals surface area contributed by atoms with Crippen LogP contribution in [0, 0.1) is 6.92 Å². The SMILES string of the molecule is CC.Cc1c(C(F)(F)F)nn(-c2ccn(C)n2)c1N. The maximum absolute atomic E-state index is 12.6. The molecule has 0 saturated heterocycles. The van der Waals surface area contributed by atoms with E-state index in [4.69, 9.17) is 5.73 Å². The summed E-state index contributed by atoms with van der Waals surface area (Å²) < 4.78 is 40.3. The lowest BCUT2D eigenvalue weighted by Gasteiger charge is -2.01. The van der Waals surface area contributed by atoms with Crippen LogP contribution in [0.5, 0.6) is 0 Å². The van der Waals surface area contributed by atoms with E-state index in [9.17, 15) is 13.2 Å². The number of nitrogens with two attached hydrogens (primary N) is 1. The first kappa shape index (κ1) is 15.1. The fourth-order valence-electron chi connectivity index (χ4n) is 1.47. The van der Waals surface area contributed by atoms with Gasteiger partial charge < -0.3 is 5.73 Å². The summed E-state index contributed by atoms with van der Waals surface area (Å²) in [6.45, 7) is 5.28.